The zero-order chi connectivity index (χ0) is 19.4. The molecule has 0 saturated heterocycles. The van der Waals surface area contributed by atoms with E-state index in [1.807, 2.05) is 0 Å². The number of carbonyl (C=O) groups is 3. The molecule has 0 aliphatic heterocycles. The monoisotopic (exact) mass is 362 g/mol. The molecule has 1 aliphatic carbocycles. The Bertz CT molecular complexity index is 880. The summed E-state index contributed by atoms with van der Waals surface area (Å²) in [5.41, 5.74) is 2.95. The van der Waals surface area contributed by atoms with Gasteiger partial charge in [0.05, 0.1) is 36.2 Å². The van der Waals surface area contributed by atoms with Gasteiger partial charge in [-0.1, -0.05) is 0 Å². The molecule has 0 amide bonds. The summed E-state index contributed by atoms with van der Waals surface area (Å²) in [6, 6.07) is 0. The van der Waals surface area contributed by atoms with Crippen molar-refractivity contribution in [3.05, 3.63) is 58.7 Å². The lowest BCUT2D eigenvalue weighted by molar-refractivity contribution is -0.112. The summed E-state index contributed by atoms with van der Waals surface area (Å²) in [4.78, 5) is 51.7. The highest BCUT2D eigenvalue weighted by molar-refractivity contribution is 6.13. The van der Waals surface area contributed by atoms with Crippen LogP contribution in [0.2, 0.25) is 0 Å². The van der Waals surface area contributed by atoms with Gasteiger partial charge in [-0.05, 0) is 31.4 Å². The molecule has 7 heteroatoms. The first-order chi connectivity index (χ1) is 12.9. The zero-order valence-electron chi connectivity index (χ0n) is 15.1. The van der Waals surface area contributed by atoms with Crippen LogP contribution < -0.4 is 0 Å². The smallest absolute Gasteiger partial charge is 0.185 e. The zero-order valence-corrected chi connectivity index (χ0v) is 15.1. The van der Waals surface area contributed by atoms with Crippen molar-refractivity contribution >= 4 is 29.5 Å². The second-order valence-corrected chi connectivity index (χ2v) is 6.29. The first-order valence-corrected chi connectivity index (χ1v) is 8.56. The number of ketones is 3. The van der Waals surface area contributed by atoms with Crippen molar-refractivity contribution in [2.45, 2.75) is 33.1 Å². The van der Waals surface area contributed by atoms with Gasteiger partial charge in [0.2, 0.25) is 0 Å². The molecule has 0 atom stereocenters. The maximum atomic E-state index is 12.7. The van der Waals surface area contributed by atoms with Crippen LogP contribution in [0.15, 0.2) is 35.9 Å². The van der Waals surface area contributed by atoms with Gasteiger partial charge in [-0.2, -0.15) is 0 Å². The summed E-state index contributed by atoms with van der Waals surface area (Å²) in [5.74, 6) is -0.369. The lowest BCUT2D eigenvalue weighted by atomic mass is 9.88. The van der Waals surface area contributed by atoms with Crippen LogP contribution in [-0.2, 0) is 4.79 Å². The highest BCUT2D eigenvalue weighted by Crippen LogP contribution is 2.27. The van der Waals surface area contributed by atoms with E-state index < -0.39 is 0 Å². The molecule has 0 N–H and O–H groups in total. The molecule has 1 aliphatic rings. The fourth-order valence-corrected chi connectivity index (χ4v) is 2.72. The molecule has 1 fully saturated rings. The molecular formula is C20H18N4O3. The van der Waals surface area contributed by atoms with Crippen LogP contribution in [0.3, 0.4) is 0 Å². The van der Waals surface area contributed by atoms with Crippen molar-refractivity contribution in [2.75, 3.05) is 0 Å². The van der Waals surface area contributed by atoms with Crippen LogP contribution in [0.4, 0.5) is 0 Å². The van der Waals surface area contributed by atoms with Gasteiger partial charge in [0.15, 0.2) is 17.3 Å². The van der Waals surface area contributed by atoms with E-state index in [1.165, 1.54) is 38.6 Å². The molecule has 3 rings (SSSR count). The number of hydrogen-bond acceptors (Lipinski definition) is 7. The Hall–Kier alpha value is -3.35. The molecule has 2 aromatic rings. The molecule has 27 heavy (non-hydrogen) atoms. The van der Waals surface area contributed by atoms with Crippen molar-refractivity contribution in [1.29, 1.82) is 0 Å². The van der Waals surface area contributed by atoms with E-state index in [2.05, 4.69) is 19.9 Å². The molecular weight excluding hydrogens is 344 g/mol. The lowest BCUT2D eigenvalue weighted by Crippen LogP contribution is -2.12. The van der Waals surface area contributed by atoms with Crippen LogP contribution >= 0.6 is 0 Å². The Labute approximate surface area is 156 Å². The molecule has 0 aromatic carbocycles. The molecule has 2 heterocycles. The lowest BCUT2D eigenvalue weighted by Gasteiger charge is -2.16. The first-order valence-electron chi connectivity index (χ1n) is 8.56. The number of hydrogen-bond donors (Lipinski definition) is 0. The van der Waals surface area contributed by atoms with Crippen LogP contribution in [0.5, 0.6) is 0 Å². The third-order valence-electron chi connectivity index (χ3n) is 4.18. The Kier molecular flexibility index (Phi) is 5.40. The van der Waals surface area contributed by atoms with Gasteiger partial charge >= 0.3 is 0 Å². The minimum Gasteiger partial charge on any atom is -0.293 e. The van der Waals surface area contributed by atoms with Crippen molar-refractivity contribution in [2.24, 2.45) is 0 Å². The average molecular weight is 362 g/mol. The Balaban J connectivity index is 1.82. The fraction of sp³-hybridized carbons (Fsp3) is 0.250. The second-order valence-electron chi connectivity index (χ2n) is 6.29. The Morgan fingerprint density at radius 2 is 1.22 bits per heavy atom. The third-order valence-corrected chi connectivity index (χ3v) is 4.18. The van der Waals surface area contributed by atoms with Crippen molar-refractivity contribution in [1.82, 2.24) is 19.9 Å². The topological polar surface area (TPSA) is 103 Å². The van der Waals surface area contributed by atoms with Gasteiger partial charge in [0.1, 0.15) is 11.4 Å². The predicted octanol–water partition coefficient (Wildman–Crippen LogP) is 2.89. The van der Waals surface area contributed by atoms with Gasteiger partial charge in [-0.15, -0.1) is 0 Å². The molecule has 2 aromatic heterocycles. The minimum absolute atomic E-state index is 0.0591. The quantitative estimate of drug-likeness (QED) is 0.608. The van der Waals surface area contributed by atoms with E-state index in [0.717, 1.165) is 6.42 Å². The van der Waals surface area contributed by atoms with Gasteiger partial charge < -0.3 is 0 Å². The minimum atomic E-state index is -0.155. The van der Waals surface area contributed by atoms with Gasteiger partial charge in [0, 0.05) is 25.0 Å². The number of rotatable bonds is 4. The Morgan fingerprint density at radius 1 is 0.778 bits per heavy atom. The van der Waals surface area contributed by atoms with Crippen LogP contribution in [0, 0.1) is 0 Å². The van der Waals surface area contributed by atoms with Gasteiger partial charge in [0.25, 0.3) is 0 Å². The molecule has 0 spiro atoms. The number of Topliss-reactive ketones (excluding diaryl/α,β-unsaturated/α-hetero) is 3. The van der Waals surface area contributed by atoms with Gasteiger partial charge in [-0.25, -0.2) is 9.97 Å². The first kappa shape index (κ1) is 18.4. The SMILES string of the molecule is CC(=O)c1cnc(/C=C2\CCC/C(=C\c3cnc(C(C)=O)cn3)C2=O)cn1. The van der Waals surface area contributed by atoms with Crippen molar-refractivity contribution in [3.63, 3.8) is 0 Å². The molecule has 136 valence electrons. The fourth-order valence-electron chi connectivity index (χ4n) is 2.72. The normalized spacial score (nSPS) is 17.3. The largest absolute Gasteiger partial charge is 0.293 e. The standard InChI is InChI=1S/C20H18N4O3/c1-12(25)18-10-21-16(8-23-18)6-14-4-3-5-15(20(14)27)7-17-9-24-19(11-22-17)13(2)26/h6-11H,3-5H2,1-2H3/b14-6+,15-7+. The molecule has 0 bridgehead atoms. The van der Waals surface area contributed by atoms with Crippen LogP contribution in [0.25, 0.3) is 12.2 Å². The van der Waals surface area contributed by atoms with E-state index >= 15 is 0 Å². The Morgan fingerprint density at radius 3 is 1.56 bits per heavy atom. The van der Waals surface area contributed by atoms with E-state index in [1.54, 1.807) is 12.2 Å². The average Bonchev–Trinajstić information content (AvgIpc) is 2.66. The van der Waals surface area contributed by atoms with Crippen LogP contribution in [0.1, 0.15) is 65.5 Å². The number of nitrogens with zero attached hydrogens (tertiary/aromatic N) is 4. The molecule has 0 radical (unpaired) electrons. The number of aromatic nitrogens is 4. The summed E-state index contributed by atoms with van der Waals surface area (Å²) in [6.07, 6.45) is 11.3. The predicted molar refractivity (Wildman–Crippen MR) is 98.9 cm³/mol. The number of carbonyl (C=O) groups excluding carboxylic acids is 3. The van der Waals surface area contributed by atoms with E-state index in [9.17, 15) is 14.4 Å². The summed E-state index contributed by atoms with van der Waals surface area (Å²) < 4.78 is 0. The number of allylic oxidation sites excluding steroid dienone is 2. The summed E-state index contributed by atoms with van der Waals surface area (Å²) >= 11 is 0. The molecule has 7 nitrogen and oxygen atoms in total. The van der Waals surface area contributed by atoms with Crippen molar-refractivity contribution in [3.8, 4) is 0 Å². The molecule has 1 saturated carbocycles. The summed E-state index contributed by atoms with van der Waals surface area (Å²) in [5, 5.41) is 0. The van der Waals surface area contributed by atoms with Crippen LogP contribution in [-0.4, -0.2) is 37.3 Å². The maximum Gasteiger partial charge on any atom is 0.185 e. The summed E-state index contributed by atoms with van der Waals surface area (Å²) in [6.45, 7) is 2.85. The van der Waals surface area contributed by atoms with E-state index in [-0.39, 0.29) is 17.3 Å². The maximum absolute atomic E-state index is 12.7. The van der Waals surface area contributed by atoms with Gasteiger partial charge in [-0.3, -0.25) is 24.4 Å². The van der Waals surface area contributed by atoms with E-state index in [4.69, 9.17) is 0 Å². The van der Waals surface area contributed by atoms with E-state index in [0.29, 0.717) is 46.8 Å². The molecule has 0 unspecified atom stereocenters. The highest BCUT2D eigenvalue weighted by atomic mass is 16.1. The summed E-state index contributed by atoms with van der Waals surface area (Å²) in [7, 11) is 0. The highest BCUT2D eigenvalue weighted by Gasteiger charge is 2.21. The third kappa shape index (κ3) is 4.44. The van der Waals surface area contributed by atoms with Crippen molar-refractivity contribution < 1.29 is 14.4 Å². The second kappa shape index (κ2) is 7.90.